The van der Waals surface area contributed by atoms with E-state index in [-0.39, 0.29) is 6.42 Å². The number of hydrogen-bond acceptors (Lipinski definition) is 2. The number of alkyl halides is 1. The fraction of sp³-hybridized carbons (Fsp3) is 1.00. The highest BCUT2D eigenvalue weighted by Crippen LogP contribution is 2.29. The molecule has 3 atom stereocenters. The smallest absolute Gasteiger partial charge is 0.115 e. The zero-order chi connectivity index (χ0) is 5.44. The third kappa shape index (κ3) is 0.978. The van der Waals surface area contributed by atoms with Crippen molar-refractivity contribution < 1.29 is 13.2 Å². The van der Waals surface area contributed by atoms with Crippen molar-refractivity contribution in [3.05, 3.63) is 0 Å². The van der Waals surface area contributed by atoms with Gasteiger partial charge < -0.3 is 4.55 Å². The first-order chi connectivity index (χ1) is 3.22. The van der Waals surface area contributed by atoms with Crippen molar-refractivity contribution >= 4 is 11.1 Å². The molecule has 0 bridgehead atoms. The van der Waals surface area contributed by atoms with Crippen LogP contribution in [0.5, 0.6) is 0 Å². The Morgan fingerprint density at radius 2 is 2.29 bits per heavy atom. The Morgan fingerprint density at radius 3 is 2.29 bits per heavy atom. The molecular formula is C3H4FO2S-. The van der Waals surface area contributed by atoms with E-state index in [1.54, 1.807) is 0 Å². The highest BCUT2D eigenvalue weighted by Gasteiger charge is 2.38. The highest BCUT2D eigenvalue weighted by atomic mass is 32.2. The summed E-state index contributed by atoms with van der Waals surface area (Å²) in [4.78, 5) is 0. The van der Waals surface area contributed by atoms with Crippen LogP contribution in [0.2, 0.25) is 0 Å². The molecule has 4 heteroatoms. The van der Waals surface area contributed by atoms with Crippen LogP contribution in [0.4, 0.5) is 4.39 Å². The predicted molar refractivity (Wildman–Crippen MR) is 22.2 cm³/mol. The average Bonchev–Trinajstić information content (AvgIpc) is 2.17. The molecule has 0 aromatic rings. The largest absolute Gasteiger partial charge is 0.772 e. The molecule has 0 aromatic heterocycles. The lowest BCUT2D eigenvalue weighted by atomic mass is 10.9. The minimum Gasteiger partial charge on any atom is -0.772 e. The predicted octanol–water partition coefficient (Wildman–Crippen LogP) is -0.0241. The average molecular weight is 123 g/mol. The molecule has 0 radical (unpaired) electrons. The van der Waals surface area contributed by atoms with E-state index in [0.717, 1.165) is 0 Å². The highest BCUT2D eigenvalue weighted by molar-refractivity contribution is 7.80. The molecule has 2 nitrogen and oxygen atoms in total. The molecule has 42 valence electrons. The van der Waals surface area contributed by atoms with Gasteiger partial charge in [0.05, 0.1) is 5.25 Å². The molecule has 0 saturated heterocycles. The fourth-order valence-electron chi connectivity index (χ4n) is 0.342. The van der Waals surface area contributed by atoms with Gasteiger partial charge >= 0.3 is 0 Å². The van der Waals surface area contributed by atoms with Crippen LogP contribution >= 0.6 is 0 Å². The summed E-state index contributed by atoms with van der Waals surface area (Å²) in [5.74, 6) is 0. The minimum atomic E-state index is -2.16. The maximum atomic E-state index is 11.6. The van der Waals surface area contributed by atoms with Gasteiger partial charge in [0, 0.05) is 0 Å². The van der Waals surface area contributed by atoms with Crippen LogP contribution in [0.25, 0.3) is 0 Å². The molecule has 1 fully saturated rings. The van der Waals surface area contributed by atoms with Crippen LogP contribution in [0, 0.1) is 0 Å². The molecule has 1 aliphatic carbocycles. The SMILES string of the molecule is O=S([O-])C1CC1F. The Balaban J connectivity index is 2.33. The van der Waals surface area contributed by atoms with Gasteiger partial charge in [0.25, 0.3) is 0 Å². The summed E-state index contributed by atoms with van der Waals surface area (Å²) in [5.41, 5.74) is 0. The van der Waals surface area contributed by atoms with E-state index in [0.29, 0.717) is 0 Å². The summed E-state index contributed by atoms with van der Waals surface area (Å²) >= 11 is -2.16. The van der Waals surface area contributed by atoms with E-state index in [9.17, 15) is 13.2 Å². The molecule has 7 heavy (non-hydrogen) atoms. The number of hydrogen-bond donors (Lipinski definition) is 0. The first kappa shape index (κ1) is 5.18. The summed E-state index contributed by atoms with van der Waals surface area (Å²) in [6.07, 6.45) is -0.867. The molecular weight excluding hydrogens is 119 g/mol. The van der Waals surface area contributed by atoms with E-state index >= 15 is 0 Å². The normalized spacial score (nSPS) is 43.1. The summed E-state index contributed by atoms with van der Waals surface area (Å²) in [6, 6.07) is 0. The van der Waals surface area contributed by atoms with Crippen molar-refractivity contribution in [2.45, 2.75) is 17.8 Å². The van der Waals surface area contributed by atoms with Gasteiger partial charge in [0.2, 0.25) is 0 Å². The van der Waals surface area contributed by atoms with Gasteiger partial charge in [-0.15, -0.1) is 0 Å². The second kappa shape index (κ2) is 1.52. The van der Waals surface area contributed by atoms with E-state index in [1.165, 1.54) is 0 Å². The Labute approximate surface area is 43.0 Å². The third-order valence-corrected chi connectivity index (χ3v) is 1.89. The van der Waals surface area contributed by atoms with Crippen molar-refractivity contribution in [2.24, 2.45) is 0 Å². The van der Waals surface area contributed by atoms with Crippen LogP contribution in [0.3, 0.4) is 0 Å². The molecule has 0 spiro atoms. The van der Waals surface area contributed by atoms with Crippen molar-refractivity contribution in [3.8, 4) is 0 Å². The monoisotopic (exact) mass is 123 g/mol. The lowest BCUT2D eigenvalue weighted by Crippen LogP contribution is -1.96. The standard InChI is InChI=1S/C3H5FO2S/c4-2-1-3(2)7(5)6/h2-3H,1H2,(H,5,6)/p-1. The molecule has 0 aliphatic heterocycles. The van der Waals surface area contributed by atoms with E-state index in [2.05, 4.69) is 0 Å². The fourth-order valence-corrected chi connectivity index (χ4v) is 0.925. The second-order valence-electron chi connectivity index (χ2n) is 1.55. The zero-order valence-electron chi connectivity index (χ0n) is 3.46. The quantitative estimate of drug-likeness (QED) is 0.459. The topological polar surface area (TPSA) is 40.1 Å². The molecule has 0 amide bonds. The molecule has 0 heterocycles. The second-order valence-corrected chi connectivity index (χ2v) is 2.68. The molecule has 0 N–H and O–H groups in total. The molecule has 1 saturated carbocycles. The van der Waals surface area contributed by atoms with E-state index in [4.69, 9.17) is 0 Å². The summed E-state index contributed by atoms with van der Waals surface area (Å²) in [6.45, 7) is 0. The van der Waals surface area contributed by atoms with Crippen molar-refractivity contribution in [2.75, 3.05) is 0 Å². The molecule has 1 aliphatic rings. The van der Waals surface area contributed by atoms with Gasteiger partial charge in [-0.3, -0.25) is 4.21 Å². The van der Waals surface area contributed by atoms with Gasteiger partial charge in [-0.05, 0) is 17.5 Å². The molecule has 0 aromatic carbocycles. The van der Waals surface area contributed by atoms with Crippen LogP contribution in [-0.2, 0) is 11.1 Å². The van der Waals surface area contributed by atoms with Crippen LogP contribution in [-0.4, -0.2) is 20.2 Å². The van der Waals surface area contributed by atoms with Gasteiger partial charge in [-0.2, -0.15) is 0 Å². The lowest BCUT2D eigenvalue weighted by Gasteiger charge is -1.97. The first-order valence-electron chi connectivity index (χ1n) is 1.94. The lowest BCUT2D eigenvalue weighted by molar-refractivity contribution is 0.471. The van der Waals surface area contributed by atoms with E-state index < -0.39 is 22.5 Å². The Hall–Kier alpha value is 0.0400. The molecule has 3 unspecified atom stereocenters. The maximum absolute atomic E-state index is 11.6. The van der Waals surface area contributed by atoms with Crippen molar-refractivity contribution in [3.63, 3.8) is 0 Å². The van der Waals surface area contributed by atoms with E-state index in [1.807, 2.05) is 0 Å². The van der Waals surface area contributed by atoms with Gasteiger partial charge in [-0.25, -0.2) is 4.39 Å². The summed E-state index contributed by atoms with van der Waals surface area (Å²) < 4.78 is 31.1. The Morgan fingerprint density at radius 1 is 1.86 bits per heavy atom. The van der Waals surface area contributed by atoms with Crippen LogP contribution < -0.4 is 0 Å². The van der Waals surface area contributed by atoms with Crippen LogP contribution in [0.15, 0.2) is 0 Å². The van der Waals surface area contributed by atoms with Gasteiger partial charge in [0.1, 0.15) is 6.17 Å². The van der Waals surface area contributed by atoms with Gasteiger partial charge in [0.15, 0.2) is 0 Å². The van der Waals surface area contributed by atoms with Crippen molar-refractivity contribution in [1.82, 2.24) is 0 Å². The number of halogens is 1. The Kier molecular flexibility index (Phi) is 1.13. The maximum Gasteiger partial charge on any atom is 0.115 e. The summed E-state index contributed by atoms with van der Waals surface area (Å²) in [7, 11) is 0. The molecule has 1 rings (SSSR count). The Bertz CT molecular complexity index is 105. The van der Waals surface area contributed by atoms with Crippen LogP contribution in [0.1, 0.15) is 6.42 Å². The third-order valence-electron chi connectivity index (χ3n) is 0.905. The zero-order valence-corrected chi connectivity index (χ0v) is 4.28. The summed E-state index contributed by atoms with van der Waals surface area (Å²) in [5, 5.41) is -0.681. The minimum absolute atomic E-state index is 0.204. The van der Waals surface area contributed by atoms with Crippen molar-refractivity contribution in [1.29, 1.82) is 0 Å². The number of rotatable bonds is 1. The first-order valence-corrected chi connectivity index (χ1v) is 3.08. The van der Waals surface area contributed by atoms with Gasteiger partial charge in [-0.1, -0.05) is 0 Å².